The summed E-state index contributed by atoms with van der Waals surface area (Å²) < 4.78 is 16.3. The monoisotopic (exact) mass is 314 g/mol. The summed E-state index contributed by atoms with van der Waals surface area (Å²) in [6, 6.07) is 7.02. The van der Waals surface area contributed by atoms with Crippen molar-refractivity contribution >= 4 is 11.6 Å². The first-order chi connectivity index (χ1) is 11.1. The van der Waals surface area contributed by atoms with Gasteiger partial charge in [-0.15, -0.1) is 0 Å². The maximum absolute atomic E-state index is 13.0. The Hall–Kier alpha value is -1.82. The summed E-state index contributed by atoms with van der Waals surface area (Å²) in [6.07, 6.45) is 0.251. The number of fused-ring (bicyclic) bond motifs is 2. The van der Waals surface area contributed by atoms with E-state index in [1.54, 1.807) is 31.4 Å². The van der Waals surface area contributed by atoms with E-state index in [9.17, 15) is 9.59 Å². The lowest BCUT2D eigenvalue weighted by Crippen LogP contribution is -2.39. The summed E-state index contributed by atoms with van der Waals surface area (Å²) >= 11 is 0. The van der Waals surface area contributed by atoms with Crippen molar-refractivity contribution < 1.29 is 23.8 Å². The highest BCUT2D eigenvalue weighted by Crippen LogP contribution is 2.49. The highest BCUT2D eigenvalue weighted by Gasteiger charge is 2.56. The number of benzene rings is 1. The molecular formula is C18H18O5. The molecule has 0 spiro atoms. The molecule has 5 heteroatoms. The third kappa shape index (κ3) is 2.19. The zero-order chi connectivity index (χ0) is 16.1. The highest BCUT2D eigenvalue weighted by atomic mass is 16.7. The quantitative estimate of drug-likeness (QED) is 0.629. The standard InChI is InChI=1S/C18H18O5/c1-9(22-8-21-2)14-15-12(7-13-18(14)23-13)16(19)10-5-3-4-6-11(10)17(15)20/h3-6,9,13-14,18H,7-8H2,1-2H3/t9-,13-,14-,18-/m0/s1. The van der Waals surface area contributed by atoms with Gasteiger partial charge in [0.1, 0.15) is 6.79 Å². The van der Waals surface area contributed by atoms with Crippen molar-refractivity contribution in [2.75, 3.05) is 13.9 Å². The number of epoxide rings is 1. The van der Waals surface area contributed by atoms with Crippen LogP contribution >= 0.6 is 0 Å². The van der Waals surface area contributed by atoms with Crippen molar-refractivity contribution in [1.29, 1.82) is 0 Å². The second-order valence-electron chi connectivity index (χ2n) is 6.24. The van der Waals surface area contributed by atoms with E-state index >= 15 is 0 Å². The smallest absolute Gasteiger partial charge is 0.190 e. The molecule has 1 heterocycles. The zero-order valence-corrected chi connectivity index (χ0v) is 13.1. The van der Waals surface area contributed by atoms with Crippen LogP contribution in [0.3, 0.4) is 0 Å². The fraction of sp³-hybridized carbons (Fsp3) is 0.444. The molecule has 1 aromatic rings. The molecule has 0 aromatic heterocycles. The van der Waals surface area contributed by atoms with Crippen LogP contribution in [0.1, 0.15) is 34.1 Å². The van der Waals surface area contributed by atoms with E-state index in [4.69, 9.17) is 14.2 Å². The molecule has 3 aliphatic rings. The molecule has 0 saturated carbocycles. The molecule has 4 rings (SSSR count). The predicted octanol–water partition coefficient (Wildman–Crippen LogP) is 2.16. The number of methoxy groups -OCH3 is 1. The number of ether oxygens (including phenoxy) is 3. The van der Waals surface area contributed by atoms with E-state index in [-0.39, 0.29) is 42.6 Å². The van der Waals surface area contributed by atoms with E-state index in [1.165, 1.54) is 0 Å². The molecular weight excluding hydrogens is 296 g/mol. The third-order valence-corrected chi connectivity index (χ3v) is 4.93. The van der Waals surface area contributed by atoms with Gasteiger partial charge in [0.05, 0.1) is 18.3 Å². The van der Waals surface area contributed by atoms with Crippen LogP contribution in [0.5, 0.6) is 0 Å². The maximum Gasteiger partial charge on any atom is 0.190 e. The van der Waals surface area contributed by atoms with Gasteiger partial charge in [0, 0.05) is 41.7 Å². The molecule has 5 nitrogen and oxygen atoms in total. The molecule has 0 bridgehead atoms. The molecule has 1 saturated heterocycles. The second-order valence-corrected chi connectivity index (χ2v) is 6.24. The molecule has 1 fully saturated rings. The lowest BCUT2D eigenvalue weighted by molar-refractivity contribution is -0.0819. The lowest BCUT2D eigenvalue weighted by atomic mass is 9.71. The Kier molecular flexibility index (Phi) is 3.44. The normalized spacial score (nSPS) is 29.7. The summed E-state index contributed by atoms with van der Waals surface area (Å²) in [6.45, 7) is 2.05. The second kappa shape index (κ2) is 5.37. The van der Waals surface area contributed by atoms with Crippen molar-refractivity contribution in [3.63, 3.8) is 0 Å². The summed E-state index contributed by atoms with van der Waals surface area (Å²) in [4.78, 5) is 25.8. The Bertz CT molecular complexity index is 720. The Morgan fingerprint density at radius 1 is 1.22 bits per heavy atom. The van der Waals surface area contributed by atoms with Crippen LogP contribution in [-0.4, -0.2) is 43.8 Å². The number of hydrogen-bond acceptors (Lipinski definition) is 5. The van der Waals surface area contributed by atoms with Crippen LogP contribution in [0.4, 0.5) is 0 Å². The van der Waals surface area contributed by atoms with Crippen molar-refractivity contribution in [1.82, 2.24) is 0 Å². The predicted molar refractivity (Wildman–Crippen MR) is 81.3 cm³/mol. The molecule has 0 N–H and O–H groups in total. The van der Waals surface area contributed by atoms with Crippen molar-refractivity contribution in [2.45, 2.75) is 31.7 Å². The first-order valence-electron chi connectivity index (χ1n) is 7.81. The van der Waals surface area contributed by atoms with Crippen LogP contribution in [0.25, 0.3) is 0 Å². The number of hydrogen-bond donors (Lipinski definition) is 0. The number of carbonyl (C=O) groups is 2. The summed E-state index contributed by atoms with van der Waals surface area (Å²) in [5.74, 6) is -0.334. The number of rotatable bonds is 4. The van der Waals surface area contributed by atoms with Gasteiger partial charge in [-0.3, -0.25) is 9.59 Å². The van der Waals surface area contributed by atoms with Gasteiger partial charge in [0.15, 0.2) is 11.6 Å². The van der Waals surface area contributed by atoms with Gasteiger partial charge in [-0.25, -0.2) is 0 Å². The number of carbonyl (C=O) groups excluding carboxylic acids is 2. The minimum Gasteiger partial charge on any atom is -0.368 e. The Morgan fingerprint density at radius 3 is 2.61 bits per heavy atom. The van der Waals surface area contributed by atoms with Crippen LogP contribution in [0.15, 0.2) is 35.4 Å². The van der Waals surface area contributed by atoms with Gasteiger partial charge < -0.3 is 14.2 Å². The van der Waals surface area contributed by atoms with Crippen molar-refractivity contribution in [3.05, 3.63) is 46.5 Å². The summed E-state index contributed by atoms with van der Waals surface area (Å²) in [7, 11) is 1.56. The topological polar surface area (TPSA) is 65.1 Å². The minimum absolute atomic E-state index is 0.0226. The number of Topliss-reactive ketones (excluding diaryl/α,β-unsaturated/α-hetero) is 2. The molecule has 120 valence electrons. The molecule has 0 unspecified atom stereocenters. The summed E-state index contributed by atoms with van der Waals surface area (Å²) in [5.41, 5.74) is 2.17. The molecule has 23 heavy (non-hydrogen) atoms. The van der Waals surface area contributed by atoms with Crippen LogP contribution in [0, 0.1) is 5.92 Å². The van der Waals surface area contributed by atoms with Crippen molar-refractivity contribution in [2.24, 2.45) is 5.92 Å². The van der Waals surface area contributed by atoms with E-state index in [0.717, 1.165) is 0 Å². The number of ketones is 2. The molecule has 2 aliphatic carbocycles. The maximum atomic E-state index is 13.0. The van der Waals surface area contributed by atoms with Gasteiger partial charge in [-0.05, 0) is 6.92 Å². The highest BCUT2D eigenvalue weighted by molar-refractivity contribution is 6.27. The zero-order valence-electron chi connectivity index (χ0n) is 13.1. The fourth-order valence-electron chi connectivity index (χ4n) is 3.78. The van der Waals surface area contributed by atoms with Crippen molar-refractivity contribution in [3.8, 4) is 0 Å². The third-order valence-electron chi connectivity index (χ3n) is 4.93. The van der Waals surface area contributed by atoms with Crippen LogP contribution in [0.2, 0.25) is 0 Å². The molecule has 1 aromatic carbocycles. The van der Waals surface area contributed by atoms with Crippen LogP contribution < -0.4 is 0 Å². The van der Waals surface area contributed by atoms with Gasteiger partial charge in [0.25, 0.3) is 0 Å². The lowest BCUT2D eigenvalue weighted by Gasteiger charge is -2.32. The summed E-state index contributed by atoms with van der Waals surface area (Å²) in [5, 5.41) is 0. The first-order valence-corrected chi connectivity index (χ1v) is 7.81. The van der Waals surface area contributed by atoms with Gasteiger partial charge >= 0.3 is 0 Å². The molecule has 1 aliphatic heterocycles. The minimum atomic E-state index is -0.253. The Balaban J connectivity index is 1.77. The SMILES string of the molecule is COCO[C@@H](C)[C@H]1C2=C(C[C@@H]3O[C@H]13)C(=O)c1ccccc1C2=O. The van der Waals surface area contributed by atoms with E-state index in [1.807, 2.05) is 6.92 Å². The Morgan fingerprint density at radius 2 is 1.91 bits per heavy atom. The molecule has 4 atom stereocenters. The van der Waals surface area contributed by atoms with Gasteiger partial charge in [0.2, 0.25) is 0 Å². The largest absolute Gasteiger partial charge is 0.368 e. The van der Waals surface area contributed by atoms with E-state index < -0.39 is 0 Å². The van der Waals surface area contributed by atoms with Gasteiger partial charge in [-0.1, -0.05) is 24.3 Å². The molecule has 0 amide bonds. The fourth-order valence-corrected chi connectivity index (χ4v) is 3.78. The molecule has 0 radical (unpaired) electrons. The Labute approximate surface area is 134 Å². The van der Waals surface area contributed by atoms with Gasteiger partial charge in [-0.2, -0.15) is 0 Å². The average Bonchev–Trinajstić information content (AvgIpc) is 3.35. The van der Waals surface area contributed by atoms with Crippen LogP contribution in [-0.2, 0) is 14.2 Å². The van der Waals surface area contributed by atoms with E-state index in [2.05, 4.69) is 0 Å². The first kappa shape index (κ1) is 14.8. The van der Waals surface area contributed by atoms with E-state index in [0.29, 0.717) is 28.7 Å². The average molecular weight is 314 g/mol.